The lowest BCUT2D eigenvalue weighted by Gasteiger charge is -2.58. The smallest absolute Gasteiger partial charge is 0.273 e. The van der Waals surface area contributed by atoms with E-state index >= 15 is 0 Å². The molecule has 4 bridgehead atoms. The number of amides is 2. The monoisotopic (exact) mass is 383 g/mol. The zero-order valence-electron chi connectivity index (χ0n) is 15.8. The van der Waals surface area contributed by atoms with Crippen LogP contribution >= 0.6 is 0 Å². The summed E-state index contributed by atoms with van der Waals surface area (Å²) in [6.07, 6.45) is 8.18. The standard InChI is InChI=1S/C20H25N5O3/c1-10(26)24-25-19(27)15-9-22-18-14(2-3-21-18)17(15)23-16-12-4-11-5-13(16)8-20(28,6-11)7-12/h2-3,9,11-13,16,28H,4-8H2,1H3,(H,24,26)(H,25,27)(H2,21,22,23)/t11?,12-,13+,16+,20-. The number of hydrogen-bond donors (Lipinski definition) is 5. The van der Waals surface area contributed by atoms with E-state index in [4.69, 9.17) is 0 Å². The number of nitrogens with one attached hydrogen (secondary N) is 4. The molecule has 2 aromatic rings. The molecule has 28 heavy (non-hydrogen) atoms. The molecule has 5 N–H and O–H groups in total. The van der Waals surface area contributed by atoms with Crippen molar-refractivity contribution in [3.05, 3.63) is 24.0 Å². The number of hydrogen-bond acceptors (Lipinski definition) is 5. The van der Waals surface area contributed by atoms with Crippen molar-refractivity contribution in [1.82, 2.24) is 20.8 Å². The largest absolute Gasteiger partial charge is 0.390 e. The molecule has 0 aliphatic heterocycles. The van der Waals surface area contributed by atoms with E-state index in [0.29, 0.717) is 29.0 Å². The summed E-state index contributed by atoms with van der Waals surface area (Å²) in [4.78, 5) is 31.3. The van der Waals surface area contributed by atoms with Crippen LogP contribution in [0.4, 0.5) is 5.69 Å². The topological polar surface area (TPSA) is 119 Å². The van der Waals surface area contributed by atoms with E-state index in [1.165, 1.54) is 13.1 Å². The van der Waals surface area contributed by atoms with Gasteiger partial charge in [-0.25, -0.2) is 4.98 Å². The van der Waals surface area contributed by atoms with Gasteiger partial charge in [-0.05, 0) is 55.9 Å². The van der Waals surface area contributed by atoms with Crippen molar-refractivity contribution in [3.63, 3.8) is 0 Å². The Morgan fingerprint density at radius 3 is 2.64 bits per heavy atom. The lowest BCUT2D eigenvalue weighted by atomic mass is 9.52. The molecule has 2 aromatic heterocycles. The highest BCUT2D eigenvalue weighted by atomic mass is 16.3. The van der Waals surface area contributed by atoms with Crippen LogP contribution in [0.25, 0.3) is 11.0 Å². The van der Waals surface area contributed by atoms with E-state index in [9.17, 15) is 14.7 Å². The summed E-state index contributed by atoms with van der Waals surface area (Å²) in [6.45, 7) is 1.34. The summed E-state index contributed by atoms with van der Waals surface area (Å²) < 4.78 is 0. The molecule has 2 heterocycles. The summed E-state index contributed by atoms with van der Waals surface area (Å²) in [5, 5.41) is 15.4. The van der Waals surface area contributed by atoms with Gasteiger partial charge in [0.15, 0.2) is 0 Å². The molecule has 0 radical (unpaired) electrons. The van der Waals surface area contributed by atoms with Crippen LogP contribution in [0.3, 0.4) is 0 Å². The van der Waals surface area contributed by atoms with Gasteiger partial charge in [0, 0.05) is 30.7 Å². The molecule has 4 saturated carbocycles. The van der Waals surface area contributed by atoms with Gasteiger partial charge >= 0.3 is 0 Å². The van der Waals surface area contributed by atoms with Crippen molar-refractivity contribution >= 4 is 28.5 Å². The SMILES string of the molecule is CC(=O)NNC(=O)c1cnc2[nH]ccc2c1N[C@H]1[C@@H]2CC3C[C@H]1C[C@@](O)(C3)C2. The molecule has 8 heteroatoms. The Morgan fingerprint density at radius 1 is 1.21 bits per heavy atom. The number of pyridine rings is 1. The summed E-state index contributed by atoms with van der Waals surface area (Å²) in [6, 6.07) is 2.13. The molecule has 1 unspecified atom stereocenters. The van der Waals surface area contributed by atoms with Crippen molar-refractivity contribution in [1.29, 1.82) is 0 Å². The lowest BCUT2D eigenvalue weighted by Crippen LogP contribution is -2.59. The van der Waals surface area contributed by atoms with Gasteiger partial charge in [-0.15, -0.1) is 0 Å². The maximum Gasteiger partial charge on any atom is 0.273 e. The molecule has 0 saturated heterocycles. The first-order chi connectivity index (χ1) is 13.4. The Bertz CT molecular complexity index is 938. The van der Waals surface area contributed by atoms with Gasteiger partial charge in [0.25, 0.3) is 5.91 Å². The predicted octanol–water partition coefficient (Wildman–Crippen LogP) is 1.70. The van der Waals surface area contributed by atoms with E-state index in [-0.39, 0.29) is 11.9 Å². The zero-order valence-corrected chi connectivity index (χ0v) is 15.8. The Hall–Kier alpha value is -2.61. The maximum atomic E-state index is 12.7. The van der Waals surface area contributed by atoms with Crippen molar-refractivity contribution < 1.29 is 14.7 Å². The number of aromatic amines is 1. The third-order valence-electron chi connectivity index (χ3n) is 6.74. The molecule has 8 nitrogen and oxygen atoms in total. The van der Waals surface area contributed by atoms with E-state index in [1.807, 2.05) is 6.07 Å². The van der Waals surface area contributed by atoms with Crippen LogP contribution in [-0.2, 0) is 4.79 Å². The Kier molecular flexibility index (Phi) is 3.87. The van der Waals surface area contributed by atoms with Crippen LogP contribution in [0.15, 0.2) is 18.5 Å². The number of anilines is 1. The first-order valence-corrected chi connectivity index (χ1v) is 9.94. The first-order valence-electron chi connectivity index (χ1n) is 9.94. The summed E-state index contributed by atoms with van der Waals surface area (Å²) in [5.41, 5.74) is 6.12. The number of H-pyrrole nitrogens is 1. The van der Waals surface area contributed by atoms with Crippen molar-refractivity contribution in [2.24, 2.45) is 17.8 Å². The number of nitrogens with zero attached hydrogens (tertiary/aromatic N) is 1. The number of fused-ring (bicyclic) bond motifs is 1. The number of carbonyl (C=O) groups excluding carboxylic acids is 2. The van der Waals surface area contributed by atoms with Crippen LogP contribution in [-0.4, -0.2) is 38.5 Å². The second-order valence-corrected chi connectivity index (χ2v) is 8.79. The van der Waals surface area contributed by atoms with Gasteiger partial charge in [-0.1, -0.05) is 0 Å². The Morgan fingerprint density at radius 2 is 1.96 bits per heavy atom. The number of hydrazine groups is 1. The van der Waals surface area contributed by atoms with Gasteiger partial charge in [-0.2, -0.15) is 0 Å². The maximum absolute atomic E-state index is 12.7. The van der Waals surface area contributed by atoms with E-state index < -0.39 is 11.5 Å². The minimum atomic E-state index is -0.498. The zero-order chi connectivity index (χ0) is 19.5. The second-order valence-electron chi connectivity index (χ2n) is 8.79. The molecule has 6 rings (SSSR count). The third-order valence-corrected chi connectivity index (χ3v) is 6.74. The molecule has 0 spiro atoms. The van der Waals surface area contributed by atoms with Crippen LogP contribution in [0, 0.1) is 17.8 Å². The number of rotatable bonds is 3. The van der Waals surface area contributed by atoms with Crippen LogP contribution in [0.2, 0.25) is 0 Å². The first kappa shape index (κ1) is 17.5. The summed E-state index contributed by atoms with van der Waals surface area (Å²) in [5.74, 6) is 0.686. The number of aromatic nitrogens is 2. The fourth-order valence-corrected chi connectivity index (χ4v) is 5.93. The summed E-state index contributed by atoms with van der Waals surface area (Å²) in [7, 11) is 0. The van der Waals surface area contributed by atoms with Gasteiger partial charge in [0.1, 0.15) is 5.65 Å². The highest BCUT2D eigenvalue weighted by molar-refractivity contribution is 6.07. The van der Waals surface area contributed by atoms with E-state index in [2.05, 4.69) is 26.1 Å². The Balaban J connectivity index is 1.48. The minimum absolute atomic E-state index is 0.227. The average molecular weight is 383 g/mol. The third kappa shape index (κ3) is 2.83. The van der Waals surface area contributed by atoms with Gasteiger partial charge in [0.2, 0.25) is 5.91 Å². The van der Waals surface area contributed by atoms with Gasteiger partial charge in [0.05, 0.1) is 16.9 Å². The predicted molar refractivity (Wildman–Crippen MR) is 103 cm³/mol. The highest BCUT2D eigenvalue weighted by Gasteiger charge is 2.54. The normalized spacial score (nSPS) is 33.1. The molecule has 5 atom stereocenters. The molecule has 0 aromatic carbocycles. The van der Waals surface area contributed by atoms with Crippen LogP contribution in [0.1, 0.15) is 49.4 Å². The fourth-order valence-electron chi connectivity index (χ4n) is 5.93. The highest BCUT2D eigenvalue weighted by Crippen LogP contribution is 2.56. The molecular weight excluding hydrogens is 358 g/mol. The second kappa shape index (κ2) is 6.20. The number of aliphatic hydroxyl groups is 1. The van der Waals surface area contributed by atoms with E-state index in [1.54, 1.807) is 6.20 Å². The van der Waals surface area contributed by atoms with Crippen molar-refractivity contribution in [2.45, 2.75) is 50.7 Å². The Labute approximate surface area is 162 Å². The van der Waals surface area contributed by atoms with Gasteiger partial charge in [-0.3, -0.25) is 20.4 Å². The van der Waals surface area contributed by atoms with Crippen molar-refractivity contribution in [3.8, 4) is 0 Å². The average Bonchev–Trinajstić information content (AvgIpc) is 3.10. The fraction of sp³-hybridized carbons (Fsp3) is 0.550. The minimum Gasteiger partial charge on any atom is -0.390 e. The quantitative estimate of drug-likeness (QED) is 0.517. The summed E-state index contributed by atoms with van der Waals surface area (Å²) >= 11 is 0. The van der Waals surface area contributed by atoms with Crippen molar-refractivity contribution in [2.75, 3.05) is 5.32 Å². The number of carbonyl (C=O) groups is 2. The van der Waals surface area contributed by atoms with Crippen LogP contribution in [0.5, 0.6) is 0 Å². The molecular formula is C20H25N5O3. The molecule has 4 fully saturated rings. The van der Waals surface area contributed by atoms with Crippen LogP contribution < -0.4 is 16.2 Å². The van der Waals surface area contributed by atoms with E-state index in [0.717, 1.165) is 43.2 Å². The molecule has 148 valence electrons. The molecule has 2 amide bonds. The molecule has 4 aliphatic carbocycles. The molecule has 4 aliphatic rings. The lowest BCUT2D eigenvalue weighted by molar-refractivity contribution is -0.129. The van der Waals surface area contributed by atoms with Gasteiger partial charge < -0.3 is 15.4 Å².